The number of sulfonamides is 1. The van der Waals surface area contributed by atoms with E-state index < -0.39 is 80.5 Å². The first kappa shape index (κ1) is 43.8. The van der Waals surface area contributed by atoms with Crippen LogP contribution in [0.3, 0.4) is 0 Å². The van der Waals surface area contributed by atoms with Crippen LogP contribution in [-0.2, 0) is 24.4 Å². The van der Waals surface area contributed by atoms with Gasteiger partial charge in [-0.2, -0.15) is 0 Å². The minimum absolute atomic E-state index is 0.0605. The van der Waals surface area contributed by atoms with E-state index in [4.69, 9.17) is 19.2 Å². The van der Waals surface area contributed by atoms with E-state index in [9.17, 15) is 27.9 Å². The van der Waals surface area contributed by atoms with E-state index in [1.807, 2.05) is 19.1 Å². The van der Waals surface area contributed by atoms with Gasteiger partial charge in [-0.3, -0.25) is 24.0 Å². The van der Waals surface area contributed by atoms with Crippen LogP contribution in [-0.4, -0.2) is 108 Å². The van der Waals surface area contributed by atoms with Crippen LogP contribution in [0, 0.1) is 35.4 Å². The van der Waals surface area contributed by atoms with E-state index in [1.165, 1.54) is 36.2 Å². The molecule has 0 bridgehead atoms. The number of hydrogen-bond donors (Lipinski definition) is 3. The Hall–Kier alpha value is -5.45. The summed E-state index contributed by atoms with van der Waals surface area (Å²) >= 11 is 0. The molecule has 9 rings (SSSR count). The molecule has 342 valence electrons. The van der Waals surface area contributed by atoms with E-state index in [1.54, 1.807) is 30.3 Å². The summed E-state index contributed by atoms with van der Waals surface area (Å²) in [6.45, 7) is 3.86. The Bertz CT molecular complexity index is 2510. The predicted molar refractivity (Wildman–Crippen MR) is 233 cm³/mol. The van der Waals surface area contributed by atoms with Gasteiger partial charge in [-0.25, -0.2) is 22.6 Å². The Kier molecular flexibility index (Phi) is 11.5. The first-order valence-corrected chi connectivity index (χ1v) is 24.0. The number of pyridine rings is 1. The van der Waals surface area contributed by atoms with Gasteiger partial charge < -0.3 is 29.5 Å². The van der Waals surface area contributed by atoms with Gasteiger partial charge in [-0.05, 0) is 129 Å². The number of ether oxygens (including phenoxy) is 3. The average Bonchev–Trinajstić information content (AvgIpc) is 4.22. The van der Waals surface area contributed by atoms with Crippen molar-refractivity contribution >= 4 is 44.6 Å². The van der Waals surface area contributed by atoms with Gasteiger partial charge in [0.05, 0.1) is 31.7 Å². The van der Waals surface area contributed by atoms with Crippen molar-refractivity contribution in [3.63, 3.8) is 0 Å². The number of carboxylic acid groups (broad SMARTS) is 1. The highest BCUT2D eigenvalue weighted by molar-refractivity contribution is 7.91. The molecular formula is C47H56FN5O10S. The monoisotopic (exact) mass is 901 g/mol. The van der Waals surface area contributed by atoms with Crippen LogP contribution in [0.1, 0.15) is 78.1 Å². The second-order valence-electron chi connectivity index (χ2n) is 19.0. The number of allylic oxidation sites excluding steroid dienone is 1. The molecule has 1 saturated heterocycles. The van der Waals surface area contributed by atoms with Gasteiger partial charge in [0.25, 0.3) is 5.91 Å². The van der Waals surface area contributed by atoms with Crippen molar-refractivity contribution in [2.24, 2.45) is 29.6 Å². The maximum atomic E-state index is 15.4. The normalized spacial score (nSPS) is 31.9. The van der Waals surface area contributed by atoms with Crippen molar-refractivity contribution in [1.82, 2.24) is 24.8 Å². The molecule has 17 heteroatoms. The third kappa shape index (κ3) is 8.47. The third-order valence-electron chi connectivity index (χ3n) is 14.4. The van der Waals surface area contributed by atoms with Crippen molar-refractivity contribution < 1.29 is 51.3 Å². The van der Waals surface area contributed by atoms with Crippen LogP contribution in [0.2, 0.25) is 0 Å². The molecule has 15 nitrogen and oxygen atoms in total. The standard InChI is InChI=1S/C47H56FN5O10S/c1-25-7-5-6-8-31-23-47(31,45(56)51-64(59,60)35-11-12-35)50-42(54)39-22-34(24-52(39)44(55)41(26(2)15-25)53(46(57)58)32-17-28-16-29(28)18-32)63-43-36-13-10-33(61-3)19-30(36)21-38(49-43)27-9-14-40(62-4)37(48)20-27/h6,8-10,13-14,19-21,25-26,28-29,31-32,34-35,39,41H,5,7,11-12,15-18,22-24H2,1-4H3,(H,50,54)(H,51,56)(H,57,58)/b8-6-/t25-,26-,28+,29?,31-,32-,34-,39+,41+,47-/m1/s1. The zero-order valence-corrected chi connectivity index (χ0v) is 37.3. The summed E-state index contributed by atoms with van der Waals surface area (Å²) in [5.41, 5.74) is -0.778. The Morgan fingerprint density at radius 2 is 1.75 bits per heavy atom. The molecular weight excluding hydrogens is 846 g/mol. The number of carbonyl (C=O) groups is 4. The molecule has 3 aromatic rings. The molecule has 4 saturated carbocycles. The SMILES string of the molecule is COc1ccc2c(O[C@@H]3C[C@H]4C(=O)N[C@]5(C(=O)NS(=O)(=O)C6CC6)C[C@H]5/C=C\CC[C@@H](C)C[C@@H](C)[C@H](N(C(=O)O)[C@H]5CC6C[C@H]6C5)C(=O)N4C3)nc(-c3ccc(OC)c(F)c3)cc2c1. The number of nitrogens with one attached hydrogen (secondary N) is 2. The zero-order valence-electron chi connectivity index (χ0n) is 36.5. The molecule has 10 atom stereocenters. The minimum atomic E-state index is -3.96. The fraction of sp³-hybridized carbons (Fsp3) is 0.553. The molecule has 3 N–H and O–H groups in total. The van der Waals surface area contributed by atoms with Crippen molar-refractivity contribution in [2.75, 3.05) is 20.8 Å². The van der Waals surface area contributed by atoms with Crippen molar-refractivity contribution in [2.45, 2.75) is 113 Å². The Morgan fingerprint density at radius 1 is 0.984 bits per heavy atom. The molecule has 1 unspecified atom stereocenters. The molecule has 0 radical (unpaired) electrons. The van der Waals surface area contributed by atoms with Crippen molar-refractivity contribution in [3.8, 4) is 28.6 Å². The second kappa shape index (κ2) is 16.8. The van der Waals surface area contributed by atoms with Crippen LogP contribution < -0.4 is 24.2 Å². The average molecular weight is 902 g/mol. The fourth-order valence-corrected chi connectivity index (χ4v) is 12.0. The van der Waals surface area contributed by atoms with Gasteiger partial charge in [-0.15, -0.1) is 0 Å². The summed E-state index contributed by atoms with van der Waals surface area (Å²) in [4.78, 5) is 65.3. The van der Waals surface area contributed by atoms with Crippen molar-refractivity contribution in [1.29, 1.82) is 0 Å². The van der Waals surface area contributed by atoms with Crippen LogP contribution >= 0.6 is 0 Å². The minimum Gasteiger partial charge on any atom is -0.497 e. The van der Waals surface area contributed by atoms with Gasteiger partial charge >= 0.3 is 6.09 Å². The summed E-state index contributed by atoms with van der Waals surface area (Å²) < 4.78 is 60.7. The number of benzene rings is 2. The van der Waals surface area contributed by atoms with E-state index in [2.05, 4.69) is 17.0 Å². The number of fused-ring (bicyclic) bond motifs is 4. The van der Waals surface area contributed by atoms with E-state index >= 15 is 9.18 Å². The molecule has 4 aliphatic carbocycles. The molecule has 1 aromatic heterocycles. The number of nitrogens with zero attached hydrogens (tertiary/aromatic N) is 3. The number of amides is 4. The molecule has 64 heavy (non-hydrogen) atoms. The second-order valence-corrected chi connectivity index (χ2v) is 21.0. The first-order valence-electron chi connectivity index (χ1n) is 22.4. The fourth-order valence-electron chi connectivity index (χ4n) is 10.6. The smallest absolute Gasteiger partial charge is 0.408 e. The van der Waals surface area contributed by atoms with Gasteiger partial charge in [-0.1, -0.05) is 26.0 Å². The lowest BCUT2D eigenvalue weighted by Crippen LogP contribution is -2.61. The van der Waals surface area contributed by atoms with Gasteiger partial charge in [0, 0.05) is 29.3 Å². The van der Waals surface area contributed by atoms with E-state index in [0.29, 0.717) is 78.1 Å². The lowest BCUT2D eigenvalue weighted by Gasteiger charge is -2.40. The zero-order chi connectivity index (χ0) is 45.2. The topological polar surface area (TPSA) is 194 Å². The number of halogens is 1. The molecule has 3 heterocycles. The van der Waals surface area contributed by atoms with Crippen LogP contribution in [0.5, 0.6) is 17.4 Å². The van der Waals surface area contributed by atoms with E-state index in [-0.39, 0.29) is 43.0 Å². The molecule has 2 aliphatic heterocycles. The Labute approximate surface area is 372 Å². The number of hydrogen-bond acceptors (Lipinski definition) is 10. The number of methoxy groups -OCH3 is 2. The highest BCUT2D eigenvalue weighted by Crippen LogP contribution is 2.54. The van der Waals surface area contributed by atoms with Crippen LogP contribution in [0.15, 0.2) is 54.6 Å². The third-order valence-corrected chi connectivity index (χ3v) is 16.3. The largest absolute Gasteiger partial charge is 0.497 e. The summed E-state index contributed by atoms with van der Waals surface area (Å²) in [6.07, 6.45) is 7.05. The van der Waals surface area contributed by atoms with E-state index in [0.717, 1.165) is 12.8 Å². The molecule has 0 spiro atoms. The van der Waals surface area contributed by atoms with Gasteiger partial charge in [0.1, 0.15) is 29.5 Å². The summed E-state index contributed by atoms with van der Waals surface area (Å²) in [5.74, 6) is -1.83. The molecule has 5 fully saturated rings. The van der Waals surface area contributed by atoms with Gasteiger partial charge in [0.15, 0.2) is 11.6 Å². The van der Waals surface area contributed by atoms with Gasteiger partial charge in [0.2, 0.25) is 27.7 Å². The number of aromatic nitrogens is 1. The first-order chi connectivity index (χ1) is 30.6. The maximum absolute atomic E-state index is 15.4. The lowest BCUT2D eigenvalue weighted by molar-refractivity contribution is -0.145. The maximum Gasteiger partial charge on any atom is 0.408 e. The number of rotatable bonds is 10. The predicted octanol–water partition coefficient (Wildman–Crippen LogP) is 6.05. The highest BCUT2D eigenvalue weighted by atomic mass is 32.2. The van der Waals surface area contributed by atoms with Crippen LogP contribution in [0.4, 0.5) is 9.18 Å². The summed E-state index contributed by atoms with van der Waals surface area (Å²) in [5, 5.41) is 14.4. The Morgan fingerprint density at radius 3 is 2.44 bits per heavy atom. The Balaban J connectivity index is 1.10. The highest BCUT2D eigenvalue weighted by Gasteiger charge is 2.62. The summed E-state index contributed by atoms with van der Waals surface area (Å²) in [6, 6.07) is 8.84. The van der Waals surface area contributed by atoms with Crippen LogP contribution in [0.25, 0.3) is 22.0 Å². The lowest BCUT2D eigenvalue weighted by atomic mass is 9.86. The molecule has 2 aromatic carbocycles. The number of carbonyl (C=O) groups excluding carboxylic acids is 3. The quantitative estimate of drug-likeness (QED) is 0.201. The van der Waals surface area contributed by atoms with Crippen molar-refractivity contribution in [3.05, 3.63) is 60.4 Å². The molecule has 6 aliphatic rings. The summed E-state index contributed by atoms with van der Waals surface area (Å²) in [7, 11) is -1.05. The molecule has 4 amide bonds.